The lowest BCUT2D eigenvalue weighted by Crippen LogP contribution is -2.67. The van der Waals surface area contributed by atoms with Crippen molar-refractivity contribution in [3.8, 4) is 23.0 Å². The number of benzene rings is 2. The first kappa shape index (κ1) is 27.3. The van der Waals surface area contributed by atoms with Crippen LogP contribution in [0.15, 0.2) is 30.3 Å². The average molecular weight is 526 g/mol. The first-order valence-electron chi connectivity index (χ1n) is 12.4. The van der Waals surface area contributed by atoms with E-state index in [2.05, 4.69) is 4.90 Å². The second-order valence-corrected chi connectivity index (χ2v) is 9.75. The number of urea groups is 1. The van der Waals surface area contributed by atoms with Crippen LogP contribution in [0.3, 0.4) is 0 Å². The monoisotopic (exact) mass is 525 g/mol. The molecule has 2 aliphatic heterocycles. The molecular formula is C28H35N3O7. The number of fused-ring (bicyclic) bond motifs is 1. The summed E-state index contributed by atoms with van der Waals surface area (Å²) in [7, 11) is 9.11. The fourth-order valence-corrected chi connectivity index (χ4v) is 5.58. The van der Waals surface area contributed by atoms with Crippen LogP contribution in [-0.2, 0) is 22.4 Å². The van der Waals surface area contributed by atoms with Crippen LogP contribution in [-0.4, -0.2) is 88.2 Å². The molecule has 1 atom stereocenters. The van der Waals surface area contributed by atoms with Crippen LogP contribution in [0.25, 0.3) is 0 Å². The quantitative estimate of drug-likeness (QED) is 0.486. The third-order valence-electron chi connectivity index (χ3n) is 7.77. The minimum atomic E-state index is -1.56. The van der Waals surface area contributed by atoms with E-state index in [1.54, 1.807) is 39.5 Å². The highest BCUT2D eigenvalue weighted by Crippen LogP contribution is 2.42. The molecule has 4 amide bonds. The second-order valence-electron chi connectivity index (χ2n) is 9.75. The van der Waals surface area contributed by atoms with E-state index < -0.39 is 23.3 Å². The molecule has 0 N–H and O–H groups in total. The summed E-state index contributed by atoms with van der Waals surface area (Å²) < 4.78 is 22.0. The second kappa shape index (κ2) is 10.5. The van der Waals surface area contributed by atoms with Crippen LogP contribution < -0.4 is 18.9 Å². The molecule has 2 aromatic carbocycles. The molecule has 0 aliphatic carbocycles. The maximum absolute atomic E-state index is 13.9. The maximum atomic E-state index is 13.9. The topological polar surface area (TPSA) is 97.8 Å². The van der Waals surface area contributed by atoms with Crippen molar-refractivity contribution in [1.29, 1.82) is 0 Å². The number of methoxy groups -OCH3 is 4. The third-order valence-corrected chi connectivity index (χ3v) is 7.77. The number of rotatable bonds is 8. The van der Waals surface area contributed by atoms with Gasteiger partial charge in [0, 0.05) is 39.6 Å². The predicted molar refractivity (Wildman–Crippen MR) is 140 cm³/mol. The fraction of sp³-hybridized carbons (Fsp3) is 0.464. The van der Waals surface area contributed by atoms with Gasteiger partial charge in [-0.05, 0) is 60.4 Å². The van der Waals surface area contributed by atoms with Gasteiger partial charge in [-0.1, -0.05) is 0 Å². The molecule has 2 aromatic rings. The molecule has 0 bridgehead atoms. The van der Waals surface area contributed by atoms with Crippen molar-refractivity contribution >= 4 is 17.8 Å². The SMILES string of the molecule is COc1ccc(OC)c(CC2(CN3CCc4cc(OC)c(OC)cc4C3C)C(=O)N(C)C(=O)N(C)C2=O)c1. The number of barbiturate groups is 1. The van der Waals surface area contributed by atoms with Crippen LogP contribution in [0.2, 0.25) is 0 Å². The van der Waals surface area contributed by atoms with E-state index in [1.165, 1.54) is 21.2 Å². The molecule has 204 valence electrons. The Hall–Kier alpha value is -3.79. The largest absolute Gasteiger partial charge is 0.497 e. The Morgan fingerprint density at radius 1 is 0.842 bits per heavy atom. The lowest BCUT2D eigenvalue weighted by molar-refractivity contribution is -0.159. The molecule has 2 heterocycles. The summed E-state index contributed by atoms with van der Waals surface area (Å²) >= 11 is 0. The van der Waals surface area contributed by atoms with Gasteiger partial charge in [-0.25, -0.2) is 4.79 Å². The standard InChI is InChI=1S/C28H35N3O7/c1-17-21-14-24(38-7)23(37-6)13-18(21)10-11-31(17)16-28(25(32)29(2)27(34)30(3)26(28)33)15-19-12-20(35-4)8-9-22(19)36-5/h8-9,12-14,17H,10-11,15-16H2,1-7H3. The highest BCUT2D eigenvalue weighted by atomic mass is 16.5. The van der Waals surface area contributed by atoms with Gasteiger partial charge in [0.1, 0.15) is 16.9 Å². The summed E-state index contributed by atoms with van der Waals surface area (Å²) in [6.07, 6.45) is 0.737. The normalized spacial score (nSPS) is 19.3. The Balaban J connectivity index is 1.79. The van der Waals surface area contributed by atoms with E-state index in [0.29, 0.717) is 41.5 Å². The Morgan fingerprint density at radius 3 is 2.03 bits per heavy atom. The maximum Gasteiger partial charge on any atom is 0.332 e. The predicted octanol–water partition coefficient (Wildman–Crippen LogP) is 2.92. The summed E-state index contributed by atoms with van der Waals surface area (Å²) in [5.74, 6) is 1.30. The molecule has 1 unspecified atom stereocenters. The Morgan fingerprint density at radius 2 is 1.45 bits per heavy atom. The molecule has 2 aliphatic rings. The van der Waals surface area contributed by atoms with Gasteiger partial charge in [-0.3, -0.25) is 24.3 Å². The van der Waals surface area contributed by atoms with Gasteiger partial charge >= 0.3 is 6.03 Å². The lowest BCUT2D eigenvalue weighted by atomic mass is 9.75. The van der Waals surface area contributed by atoms with Gasteiger partial charge in [0.05, 0.1) is 28.4 Å². The van der Waals surface area contributed by atoms with Crippen LogP contribution in [0, 0.1) is 5.41 Å². The number of hydrogen-bond donors (Lipinski definition) is 0. The number of imide groups is 2. The Kier molecular flexibility index (Phi) is 7.55. The molecule has 0 saturated carbocycles. The van der Waals surface area contributed by atoms with E-state index in [-0.39, 0.29) is 19.0 Å². The van der Waals surface area contributed by atoms with Gasteiger partial charge in [0.15, 0.2) is 11.5 Å². The molecule has 10 heteroatoms. The van der Waals surface area contributed by atoms with E-state index in [4.69, 9.17) is 18.9 Å². The zero-order valence-electron chi connectivity index (χ0n) is 23.0. The first-order valence-corrected chi connectivity index (χ1v) is 12.4. The highest BCUT2D eigenvalue weighted by Gasteiger charge is 2.57. The Bertz CT molecular complexity index is 1240. The molecule has 38 heavy (non-hydrogen) atoms. The summed E-state index contributed by atoms with van der Waals surface area (Å²) in [6.45, 7) is 2.77. The molecule has 0 aromatic heterocycles. The van der Waals surface area contributed by atoms with Crippen LogP contribution in [0.5, 0.6) is 23.0 Å². The Labute approximate surface area is 223 Å². The smallest absolute Gasteiger partial charge is 0.332 e. The number of nitrogens with zero attached hydrogens (tertiary/aromatic N) is 3. The van der Waals surface area contributed by atoms with E-state index in [0.717, 1.165) is 20.9 Å². The van der Waals surface area contributed by atoms with Gasteiger partial charge in [-0.15, -0.1) is 0 Å². The van der Waals surface area contributed by atoms with Crippen molar-refractivity contribution in [2.45, 2.75) is 25.8 Å². The molecule has 10 nitrogen and oxygen atoms in total. The van der Waals surface area contributed by atoms with Gasteiger partial charge in [-0.2, -0.15) is 0 Å². The van der Waals surface area contributed by atoms with E-state index in [9.17, 15) is 14.4 Å². The van der Waals surface area contributed by atoms with E-state index in [1.807, 2.05) is 19.1 Å². The summed E-state index contributed by atoms with van der Waals surface area (Å²) in [5.41, 5.74) is 1.25. The van der Waals surface area contributed by atoms with Crippen molar-refractivity contribution < 1.29 is 33.3 Å². The summed E-state index contributed by atoms with van der Waals surface area (Å²) in [5, 5.41) is 0. The molecule has 1 fully saturated rings. The fourth-order valence-electron chi connectivity index (χ4n) is 5.58. The van der Waals surface area contributed by atoms with Crippen molar-refractivity contribution in [3.05, 3.63) is 47.0 Å². The summed E-state index contributed by atoms with van der Waals surface area (Å²) in [4.78, 5) is 44.7. The van der Waals surface area contributed by atoms with Crippen molar-refractivity contribution in [2.75, 3.05) is 55.6 Å². The van der Waals surface area contributed by atoms with E-state index >= 15 is 0 Å². The number of ether oxygens (including phenoxy) is 4. The third kappa shape index (κ3) is 4.42. The van der Waals surface area contributed by atoms with Crippen molar-refractivity contribution in [1.82, 2.24) is 14.7 Å². The average Bonchev–Trinajstić information content (AvgIpc) is 2.94. The van der Waals surface area contributed by atoms with Gasteiger partial charge in [0.2, 0.25) is 11.8 Å². The van der Waals surface area contributed by atoms with Crippen LogP contribution in [0.4, 0.5) is 4.79 Å². The minimum absolute atomic E-state index is 0.0367. The molecule has 0 spiro atoms. The number of carbonyl (C=O) groups excluding carboxylic acids is 3. The zero-order chi connectivity index (χ0) is 27.8. The first-order chi connectivity index (χ1) is 18.1. The van der Waals surface area contributed by atoms with Crippen LogP contribution in [0.1, 0.15) is 29.7 Å². The lowest BCUT2D eigenvalue weighted by Gasteiger charge is -2.46. The highest BCUT2D eigenvalue weighted by molar-refractivity contribution is 6.19. The zero-order valence-corrected chi connectivity index (χ0v) is 23.0. The van der Waals surface area contributed by atoms with Crippen molar-refractivity contribution in [2.24, 2.45) is 5.41 Å². The minimum Gasteiger partial charge on any atom is -0.497 e. The van der Waals surface area contributed by atoms with Crippen molar-refractivity contribution in [3.63, 3.8) is 0 Å². The molecule has 4 rings (SSSR count). The molecule has 1 saturated heterocycles. The van der Waals surface area contributed by atoms with Gasteiger partial charge in [0.25, 0.3) is 0 Å². The molecular weight excluding hydrogens is 490 g/mol. The number of hydrogen-bond acceptors (Lipinski definition) is 8. The van der Waals surface area contributed by atoms with Crippen LogP contribution >= 0.6 is 0 Å². The number of carbonyl (C=O) groups is 3. The molecule has 0 radical (unpaired) electrons. The van der Waals surface area contributed by atoms with Gasteiger partial charge < -0.3 is 18.9 Å². The number of amides is 4. The summed E-state index contributed by atoms with van der Waals surface area (Å²) in [6, 6.07) is 8.43.